The molecule has 1 saturated heterocycles. The molecular formula is C6H12FNO. The quantitative estimate of drug-likeness (QED) is 0.564. The molecule has 0 spiro atoms. The highest BCUT2D eigenvalue weighted by Gasteiger charge is 2.30. The molecule has 9 heavy (non-hydrogen) atoms. The van der Waals surface area contributed by atoms with Gasteiger partial charge >= 0.3 is 0 Å². The van der Waals surface area contributed by atoms with E-state index in [0.29, 0.717) is 26.1 Å². The van der Waals surface area contributed by atoms with Crippen LogP contribution in [0.5, 0.6) is 0 Å². The molecule has 0 aliphatic carbocycles. The fourth-order valence-electron chi connectivity index (χ4n) is 0.941. The first-order chi connectivity index (χ1) is 4.27. The standard InChI is InChI=1S/C6H12FNO/c7-6(5-8)1-3-9-4-2-6/h1-5,8H2. The molecule has 0 aromatic heterocycles. The lowest BCUT2D eigenvalue weighted by Gasteiger charge is -2.27. The van der Waals surface area contributed by atoms with Crippen LogP contribution < -0.4 is 5.73 Å². The number of alkyl halides is 1. The van der Waals surface area contributed by atoms with Crippen LogP contribution in [0.4, 0.5) is 4.39 Å². The van der Waals surface area contributed by atoms with Crippen LogP contribution in [0.2, 0.25) is 0 Å². The minimum absolute atomic E-state index is 0.135. The molecule has 2 N–H and O–H groups in total. The van der Waals surface area contributed by atoms with Gasteiger partial charge in [-0.1, -0.05) is 0 Å². The second-order valence-electron chi connectivity index (χ2n) is 2.47. The molecule has 1 heterocycles. The Labute approximate surface area is 54.2 Å². The van der Waals surface area contributed by atoms with Gasteiger partial charge < -0.3 is 10.5 Å². The zero-order chi connectivity index (χ0) is 6.74. The highest BCUT2D eigenvalue weighted by Crippen LogP contribution is 2.22. The summed E-state index contributed by atoms with van der Waals surface area (Å²) in [5.74, 6) is 0. The van der Waals surface area contributed by atoms with E-state index in [1.54, 1.807) is 0 Å². The average molecular weight is 133 g/mol. The molecule has 0 radical (unpaired) electrons. The largest absolute Gasteiger partial charge is 0.381 e. The van der Waals surface area contributed by atoms with Crippen molar-refractivity contribution in [3.8, 4) is 0 Å². The minimum Gasteiger partial charge on any atom is -0.381 e. The molecule has 1 fully saturated rings. The molecule has 0 unspecified atom stereocenters. The molecule has 0 bridgehead atoms. The Morgan fingerprint density at radius 3 is 2.33 bits per heavy atom. The summed E-state index contributed by atoms with van der Waals surface area (Å²) < 4.78 is 18.1. The maximum Gasteiger partial charge on any atom is 0.127 e. The summed E-state index contributed by atoms with van der Waals surface area (Å²) in [6.07, 6.45) is 0.924. The molecule has 0 aromatic rings. The lowest BCUT2D eigenvalue weighted by Crippen LogP contribution is -2.38. The van der Waals surface area contributed by atoms with Crippen molar-refractivity contribution in [2.45, 2.75) is 18.5 Å². The maximum atomic E-state index is 13.1. The molecule has 1 aliphatic rings. The SMILES string of the molecule is NCC1(F)CCOCC1. The van der Waals surface area contributed by atoms with E-state index in [1.807, 2.05) is 0 Å². The Morgan fingerprint density at radius 1 is 1.44 bits per heavy atom. The normalized spacial score (nSPS) is 26.0. The van der Waals surface area contributed by atoms with Crippen molar-refractivity contribution in [2.24, 2.45) is 5.73 Å². The molecule has 2 nitrogen and oxygen atoms in total. The number of rotatable bonds is 1. The van der Waals surface area contributed by atoms with Gasteiger partial charge in [0.2, 0.25) is 0 Å². The van der Waals surface area contributed by atoms with Gasteiger partial charge in [-0.05, 0) is 0 Å². The second kappa shape index (κ2) is 2.62. The molecule has 1 aliphatic heterocycles. The zero-order valence-corrected chi connectivity index (χ0v) is 5.40. The molecule has 1 rings (SSSR count). The van der Waals surface area contributed by atoms with Crippen LogP contribution in [0.15, 0.2) is 0 Å². The average Bonchev–Trinajstić information content (AvgIpc) is 1.90. The number of nitrogens with two attached hydrogens (primary N) is 1. The Kier molecular flexibility index (Phi) is 2.03. The summed E-state index contributed by atoms with van der Waals surface area (Å²) in [5.41, 5.74) is 4.08. The van der Waals surface area contributed by atoms with Crippen LogP contribution in [-0.4, -0.2) is 25.4 Å². The van der Waals surface area contributed by atoms with Crippen molar-refractivity contribution >= 4 is 0 Å². The van der Waals surface area contributed by atoms with Crippen molar-refractivity contribution in [2.75, 3.05) is 19.8 Å². The third-order valence-corrected chi connectivity index (χ3v) is 1.75. The van der Waals surface area contributed by atoms with E-state index >= 15 is 0 Å². The van der Waals surface area contributed by atoms with Crippen molar-refractivity contribution < 1.29 is 9.13 Å². The summed E-state index contributed by atoms with van der Waals surface area (Å²) >= 11 is 0. The maximum absolute atomic E-state index is 13.1. The van der Waals surface area contributed by atoms with Crippen LogP contribution in [-0.2, 0) is 4.74 Å². The van der Waals surface area contributed by atoms with Gasteiger partial charge in [-0.15, -0.1) is 0 Å². The van der Waals surface area contributed by atoms with Gasteiger partial charge in [0.05, 0.1) is 0 Å². The van der Waals surface area contributed by atoms with Crippen LogP contribution in [0.25, 0.3) is 0 Å². The van der Waals surface area contributed by atoms with E-state index in [9.17, 15) is 4.39 Å². The summed E-state index contributed by atoms with van der Waals surface area (Å²) in [5, 5.41) is 0. The third-order valence-electron chi connectivity index (χ3n) is 1.75. The number of ether oxygens (including phenoxy) is 1. The lowest BCUT2D eigenvalue weighted by atomic mass is 9.97. The van der Waals surface area contributed by atoms with E-state index in [1.165, 1.54) is 0 Å². The van der Waals surface area contributed by atoms with E-state index in [-0.39, 0.29) is 6.54 Å². The predicted octanol–water partition coefficient (Wildman–Crippen LogP) is 0.464. The lowest BCUT2D eigenvalue weighted by molar-refractivity contribution is -0.00336. The van der Waals surface area contributed by atoms with E-state index < -0.39 is 5.67 Å². The van der Waals surface area contributed by atoms with Gasteiger partial charge in [-0.2, -0.15) is 0 Å². The number of hydrogen-bond acceptors (Lipinski definition) is 2. The molecule has 54 valence electrons. The second-order valence-corrected chi connectivity index (χ2v) is 2.47. The summed E-state index contributed by atoms with van der Waals surface area (Å²) in [7, 11) is 0. The van der Waals surface area contributed by atoms with Gasteiger partial charge in [0, 0.05) is 32.6 Å². The van der Waals surface area contributed by atoms with Crippen molar-refractivity contribution in [3.05, 3.63) is 0 Å². The van der Waals surface area contributed by atoms with Gasteiger partial charge in [0.1, 0.15) is 5.67 Å². The van der Waals surface area contributed by atoms with Gasteiger partial charge in [-0.3, -0.25) is 0 Å². The monoisotopic (exact) mass is 133 g/mol. The Hall–Kier alpha value is -0.150. The smallest absolute Gasteiger partial charge is 0.127 e. The Bertz CT molecular complexity index is 91.1. The molecule has 0 saturated carbocycles. The number of hydrogen-bond donors (Lipinski definition) is 1. The van der Waals surface area contributed by atoms with Crippen LogP contribution in [0.1, 0.15) is 12.8 Å². The molecule has 0 amide bonds. The topological polar surface area (TPSA) is 35.2 Å². The highest BCUT2D eigenvalue weighted by molar-refractivity contribution is 4.82. The Morgan fingerprint density at radius 2 is 2.00 bits per heavy atom. The van der Waals surface area contributed by atoms with E-state index in [4.69, 9.17) is 10.5 Å². The first-order valence-corrected chi connectivity index (χ1v) is 3.24. The summed E-state index contributed by atoms with van der Waals surface area (Å²) in [4.78, 5) is 0. The fourth-order valence-corrected chi connectivity index (χ4v) is 0.941. The fraction of sp³-hybridized carbons (Fsp3) is 1.00. The predicted molar refractivity (Wildman–Crippen MR) is 32.9 cm³/mol. The minimum atomic E-state index is -1.13. The highest BCUT2D eigenvalue weighted by atomic mass is 19.1. The van der Waals surface area contributed by atoms with Crippen LogP contribution >= 0.6 is 0 Å². The van der Waals surface area contributed by atoms with Gasteiger partial charge in [-0.25, -0.2) is 4.39 Å². The van der Waals surface area contributed by atoms with Gasteiger partial charge in [0.25, 0.3) is 0 Å². The van der Waals surface area contributed by atoms with Gasteiger partial charge in [0.15, 0.2) is 0 Å². The molecule has 0 aromatic carbocycles. The first kappa shape index (κ1) is 6.96. The van der Waals surface area contributed by atoms with Crippen LogP contribution in [0, 0.1) is 0 Å². The van der Waals surface area contributed by atoms with E-state index in [2.05, 4.69) is 0 Å². The first-order valence-electron chi connectivity index (χ1n) is 3.24. The van der Waals surface area contributed by atoms with Crippen LogP contribution in [0.3, 0.4) is 0 Å². The Balaban J connectivity index is 2.37. The third kappa shape index (κ3) is 1.63. The summed E-state index contributed by atoms with van der Waals surface area (Å²) in [6.45, 7) is 1.18. The van der Waals surface area contributed by atoms with Crippen molar-refractivity contribution in [1.29, 1.82) is 0 Å². The molecule has 3 heteroatoms. The molecular weight excluding hydrogens is 121 g/mol. The van der Waals surface area contributed by atoms with Crippen molar-refractivity contribution in [3.63, 3.8) is 0 Å². The van der Waals surface area contributed by atoms with Crippen molar-refractivity contribution in [1.82, 2.24) is 0 Å². The number of halogens is 1. The summed E-state index contributed by atoms with van der Waals surface area (Å²) in [6, 6.07) is 0. The molecule has 0 atom stereocenters. The van der Waals surface area contributed by atoms with E-state index in [0.717, 1.165) is 0 Å². The zero-order valence-electron chi connectivity index (χ0n) is 5.40.